The fourth-order valence-electron chi connectivity index (χ4n) is 2.61. The van der Waals surface area contributed by atoms with Crippen LogP contribution in [0.4, 0.5) is 0 Å². The molecule has 0 radical (unpaired) electrons. The van der Waals surface area contributed by atoms with Crippen molar-refractivity contribution in [1.29, 1.82) is 0 Å². The van der Waals surface area contributed by atoms with Crippen molar-refractivity contribution in [2.24, 2.45) is 0 Å². The quantitative estimate of drug-likeness (QED) is 0.537. The van der Waals surface area contributed by atoms with Gasteiger partial charge in [0, 0.05) is 6.42 Å². The molecular weight excluding hydrogens is 336 g/mol. The molecule has 0 bridgehead atoms. The van der Waals surface area contributed by atoms with Gasteiger partial charge in [-0.3, -0.25) is 0 Å². The molecule has 0 amide bonds. The maximum Gasteiger partial charge on any atom is 0.234 e. The highest BCUT2D eigenvalue weighted by molar-refractivity contribution is 7.97. The Morgan fingerprint density at radius 2 is 1.71 bits per heavy atom. The van der Waals surface area contributed by atoms with Crippen LogP contribution >= 0.6 is 23.1 Å². The van der Waals surface area contributed by atoms with Gasteiger partial charge in [-0.1, -0.05) is 65.9 Å². The minimum absolute atomic E-state index is 0.821. The first-order valence-corrected chi connectivity index (χ1v) is 9.88. The zero-order valence-corrected chi connectivity index (χ0v) is 14.8. The minimum Gasteiger partial charge on any atom is -0.186 e. The van der Waals surface area contributed by atoms with Gasteiger partial charge in [0.05, 0.1) is 5.75 Å². The number of rotatable bonds is 5. The van der Waals surface area contributed by atoms with Crippen molar-refractivity contribution < 1.29 is 0 Å². The summed E-state index contributed by atoms with van der Waals surface area (Å²) in [5, 5.41) is 14.1. The molecule has 4 nitrogen and oxygen atoms in total. The van der Waals surface area contributed by atoms with E-state index in [0.717, 1.165) is 28.0 Å². The molecule has 0 aliphatic carbocycles. The molecule has 2 aromatic heterocycles. The molecule has 2 aromatic carbocycles. The van der Waals surface area contributed by atoms with Gasteiger partial charge in [-0.05, 0) is 22.9 Å². The van der Waals surface area contributed by atoms with Crippen molar-refractivity contribution in [2.75, 3.05) is 6.26 Å². The van der Waals surface area contributed by atoms with Crippen molar-refractivity contribution in [3.05, 3.63) is 71.0 Å². The van der Waals surface area contributed by atoms with Gasteiger partial charge >= 0.3 is 0 Å². The molecule has 24 heavy (non-hydrogen) atoms. The molecule has 4 rings (SSSR count). The number of aromatic nitrogens is 4. The number of thioether (sulfide) groups is 1. The van der Waals surface area contributed by atoms with E-state index in [-0.39, 0.29) is 0 Å². The van der Waals surface area contributed by atoms with Crippen molar-refractivity contribution >= 4 is 28.1 Å². The zero-order chi connectivity index (χ0) is 16.4. The molecule has 0 N–H and O–H groups in total. The standard InChI is InChI=1S/C18H16N4S2/c1-23-12-16-19-20-18-22(16)21-17(24-18)11-13-7-9-15(10-8-13)14-5-3-2-4-6-14/h2-10H,11-12H2,1H3. The Morgan fingerprint density at radius 1 is 0.958 bits per heavy atom. The Hall–Kier alpha value is -2.18. The predicted molar refractivity (Wildman–Crippen MR) is 101 cm³/mol. The molecule has 0 aliphatic heterocycles. The third kappa shape index (κ3) is 3.07. The van der Waals surface area contributed by atoms with Crippen LogP contribution in [-0.2, 0) is 12.2 Å². The lowest BCUT2D eigenvalue weighted by molar-refractivity contribution is 0.856. The monoisotopic (exact) mass is 352 g/mol. The molecule has 0 saturated carbocycles. The van der Waals surface area contributed by atoms with E-state index in [9.17, 15) is 0 Å². The first kappa shape index (κ1) is 15.4. The first-order valence-electron chi connectivity index (χ1n) is 7.67. The lowest BCUT2D eigenvalue weighted by Gasteiger charge is -2.03. The van der Waals surface area contributed by atoms with E-state index in [1.165, 1.54) is 16.7 Å². The maximum atomic E-state index is 4.66. The van der Waals surface area contributed by atoms with Crippen LogP contribution in [0.3, 0.4) is 0 Å². The van der Waals surface area contributed by atoms with Crippen molar-refractivity contribution in [3.63, 3.8) is 0 Å². The minimum atomic E-state index is 0.821. The topological polar surface area (TPSA) is 43.1 Å². The zero-order valence-electron chi connectivity index (χ0n) is 13.2. The Kier molecular flexibility index (Phi) is 4.32. The maximum absolute atomic E-state index is 4.66. The summed E-state index contributed by atoms with van der Waals surface area (Å²) >= 11 is 3.34. The SMILES string of the molecule is CSCc1nnc2sc(Cc3ccc(-c4ccccc4)cc3)nn12. The number of hydrogen-bond donors (Lipinski definition) is 0. The molecule has 0 aliphatic rings. The van der Waals surface area contributed by atoms with Gasteiger partial charge in [-0.2, -0.15) is 21.4 Å². The second-order valence-corrected chi connectivity index (χ2v) is 7.39. The lowest BCUT2D eigenvalue weighted by Crippen LogP contribution is -1.95. The first-order chi connectivity index (χ1) is 11.8. The van der Waals surface area contributed by atoms with Crippen LogP contribution in [0.2, 0.25) is 0 Å². The van der Waals surface area contributed by atoms with E-state index >= 15 is 0 Å². The summed E-state index contributed by atoms with van der Waals surface area (Å²) in [5.41, 5.74) is 3.73. The van der Waals surface area contributed by atoms with Crippen molar-refractivity contribution in [3.8, 4) is 11.1 Å². The van der Waals surface area contributed by atoms with E-state index in [4.69, 9.17) is 0 Å². The summed E-state index contributed by atoms with van der Waals surface area (Å²) in [6.45, 7) is 0. The van der Waals surface area contributed by atoms with Gasteiger partial charge in [-0.15, -0.1) is 10.2 Å². The number of nitrogens with zero attached hydrogens (tertiary/aromatic N) is 4. The van der Waals surface area contributed by atoms with Gasteiger partial charge < -0.3 is 0 Å². The highest BCUT2D eigenvalue weighted by atomic mass is 32.2. The normalized spacial score (nSPS) is 11.2. The fourth-order valence-corrected chi connectivity index (χ4v) is 3.93. The lowest BCUT2D eigenvalue weighted by atomic mass is 10.0. The average Bonchev–Trinajstić information content (AvgIpc) is 3.18. The average molecular weight is 352 g/mol. The van der Waals surface area contributed by atoms with Crippen LogP contribution in [0.15, 0.2) is 54.6 Å². The van der Waals surface area contributed by atoms with Crippen LogP contribution < -0.4 is 0 Å². The third-order valence-corrected chi connectivity index (χ3v) is 5.23. The Morgan fingerprint density at radius 3 is 2.46 bits per heavy atom. The Labute approximate surface area is 148 Å². The summed E-state index contributed by atoms with van der Waals surface area (Å²) in [5.74, 6) is 1.75. The van der Waals surface area contributed by atoms with Gasteiger partial charge in [0.2, 0.25) is 4.96 Å². The van der Waals surface area contributed by atoms with Gasteiger partial charge in [-0.25, -0.2) is 0 Å². The van der Waals surface area contributed by atoms with Crippen LogP contribution in [0.5, 0.6) is 0 Å². The molecule has 6 heteroatoms. The van der Waals surface area contributed by atoms with Crippen molar-refractivity contribution in [2.45, 2.75) is 12.2 Å². The van der Waals surface area contributed by atoms with E-state index in [1.54, 1.807) is 23.1 Å². The van der Waals surface area contributed by atoms with E-state index in [0.29, 0.717) is 0 Å². The summed E-state index contributed by atoms with van der Waals surface area (Å²) in [6, 6.07) is 19.1. The number of fused-ring (bicyclic) bond motifs is 1. The number of hydrogen-bond acceptors (Lipinski definition) is 5. The predicted octanol–water partition coefficient (Wildman–Crippen LogP) is 4.31. The molecule has 120 valence electrons. The van der Waals surface area contributed by atoms with Crippen LogP contribution in [-0.4, -0.2) is 26.1 Å². The highest BCUT2D eigenvalue weighted by Gasteiger charge is 2.11. The van der Waals surface area contributed by atoms with E-state index < -0.39 is 0 Å². The molecule has 0 atom stereocenters. The molecule has 2 heterocycles. The molecule has 4 aromatic rings. The second kappa shape index (κ2) is 6.75. The van der Waals surface area contributed by atoms with Gasteiger partial charge in [0.1, 0.15) is 5.01 Å². The molecule has 0 unspecified atom stereocenters. The van der Waals surface area contributed by atoms with E-state index in [2.05, 4.69) is 70.1 Å². The second-order valence-electron chi connectivity index (χ2n) is 5.48. The highest BCUT2D eigenvalue weighted by Crippen LogP contribution is 2.22. The summed E-state index contributed by atoms with van der Waals surface area (Å²) in [7, 11) is 0. The van der Waals surface area contributed by atoms with E-state index in [1.807, 2.05) is 10.6 Å². The molecule has 0 spiro atoms. The summed E-state index contributed by atoms with van der Waals surface area (Å²) in [4.78, 5) is 0.870. The summed E-state index contributed by atoms with van der Waals surface area (Å²) < 4.78 is 1.87. The number of benzene rings is 2. The van der Waals surface area contributed by atoms with Crippen molar-refractivity contribution in [1.82, 2.24) is 19.8 Å². The largest absolute Gasteiger partial charge is 0.234 e. The molecule has 0 saturated heterocycles. The smallest absolute Gasteiger partial charge is 0.186 e. The molecular formula is C18H16N4S2. The van der Waals surface area contributed by atoms with Crippen LogP contribution in [0, 0.1) is 0 Å². The van der Waals surface area contributed by atoms with Gasteiger partial charge in [0.25, 0.3) is 0 Å². The molecule has 0 fully saturated rings. The Bertz CT molecular complexity index is 942. The fraction of sp³-hybridized carbons (Fsp3) is 0.167. The van der Waals surface area contributed by atoms with Crippen LogP contribution in [0.1, 0.15) is 16.4 Å². The van der Waals surface area contributed by atoms with Crippen LogP contribution in [0.25, 0.3) is 16.1 Å². The van der Waals surface area contributed by atoms with Gasteiger partial charge in [0.15, 0.2) is 5.82 Å². The third-order valence-electron chi connectivity index (χ3n) is 3.79. The summed E-state index contributed by atoms with van der Waals surface area (Å²) in [6.07, 6.45) is 2.88. The Balaban J connectivity index is 1.55.